The van der Waals surface area contributed by atoms with Crippen LogP contribution in [0.15, 0.2) is 54.3 Å². The van der Waals surface area contributed by atoms with E-state index in [1.54, 1.807) is 36.4 Å². The molecular weight excluding hydrogens is 492 g/mol. The van der Waals surface area contributed by atoms with E-state index in [1.165, 1.54) is 0 Å². The van der Waals surface area contributed by atoms with Crippen LogP contribution in [0.1, 0.15) is 27.0 Å². The lowest BCUT2D eigenvalue weighted by molar-refractivity contribution is 0.0873. The van der Waals surface area contributed by atoms with E-state index in [2.05, 4.69) is 4.90 Å². The predicted octanol–water partition coefficient (Wildman–Crippen LogP) is 7.27. The first-order valence-electron chi connectivity index (χ1n) is 9.73. The second kappa shape index (κ2) is 8.62. The van der Waals surface area contributed by atoms with Gasteiger partial charge in [-0.25, -0.2) is 0 Å². The van der Waals surface area contributed by atoms with Gasteiger partial charge >= 0.3 is 0 Å². The zero-order chi connectivity index (χ0) is 22.4. The molecule has 2 aliphatic rings. The van der Waals surface area contributed by atoms with E-state index in [1.807, 2.05) is 18.2 Å². The Morgan fingerprint density at radius 1 is 0.938 bits per heavy atom. The van der Waals surface area contributed by atoms with Crippen molar-refractivity contribution in [3.05, 3.63) is 96.6 Å². The summed E-state index contributed by atoms with van der Waals surface area (Å²) in [6, 6.07) is 14.2. The molecular formula is C24H15Cl4NO3. The van der Waals surface area contributed by atoms with E-state index in [-0.39, 0.29) is 11.5 Å². The largest absolute Gasteiger partial charge is 0.478 e. The molecule has 0 bridgehead atoms. The average Bonchev–Trinajstić information content (AvgIpc) is 3.09. The van der Waals surface area contributed by atoms with Crippen molar-refractivity contribution in [1.82, 2.24) is 4.90 Å². The summed E-state index contributed by atoms with van der Waals surface area (Å²) in [5.74, 6) is 1.23. The minimum atomic E-state index is -0.199. The molecule has 0 fully saturated rings. The highest BCUT2D eigenvalue weighted by molar-refractivity contribution is 6.42. The van der Waals surface area contributed by atoms with E-state index < -0.39 is 0 Å². The molecule has 32 heavy (non-hydrogen) atoms. The van der Waals surface area contributed by atoms with Gasteiger partial charge in [0.05, 0.1) is 21.2 Å². The van der Waals surface area contributed by atoms with Gasteiger partial charge in [-0.15, -0.1) is 0 Å². The van der Waals surface area contributed by atoms with Crippen molar-refractivity contribution in [2.75, 3.05) is 6.73 Å². The fourth-order valence-corrected chi connectivity index (χ4v) is 4.55. The van der Waals surface area contributed by atoms with Crippen LogP contribution in [0.25, 0.3) is 6.08 Å². The Hall–Kier alpha value is -2.21. The van der Waals surface area contributed by atoms with Crippen molar-refractivity contribution < 1.29 is 14.3 Å². The molecule has 0 radical (unpaired) electrons. The summed E-state index contributed by atoms with van der Waals surface area (Å²) >= 11 is 24.4. The lowest BCUT2D eigenvalue weighted by Crippen LogP contribution is -2.31. The maximum atomic E-state index is 13.0. The molecule has 0 aliphatic carbocycles. The third kappa shape index (κ3) is 4.09. The maximum absolute atomic E-state index is 13.0. The monoisotopic (exact) mass is 505 g/mol. The van der Waals surface area contributed by atoms with Crippen molar-refractivity contribution in [2.45, 2.75) is 13.1 Å². The SMILES string of the molecule is O=C1/C(=C/c2ccc(Cl)cc2Cl)Oc2c1ccc1c2CN(Cc2ccc(Cl)c(Cl)c2)CO1. The number of fused-ring (bicyclic) bond motifs is 3. The highest BCUT2D eigenvalue weighted by atomic mass is 35.5. The van der Waals surface area contributed by atoms with Crippen molar-refractivity contribution in [3.63, 3.8) is 0 Å². The summed E-state index contributed by atoms with van der Waals surface area (Å²) < 4.78 is 11.9. The van der Waals surface area contributed by atoms with Gasteiger partial charge in [-0.2, -0.15) is 0 Å². The zero-order valence-electron chi connectivity index (χ0n) is 16.5. The molecule has 0 spiro atoms. The van der Waals surface area contributed by atoms with Gasteiger partial charge in [0.15, 0.2) is 5.76 Å². The first-order chi connectivity index (χ1) is 15.4. The number of carbonyl (C=O) groups excluding carboxylic acids is 1. The predicted molar refractivity (Wildman–Crippen MR) is 127 cm³/mol. The number of rotatable bonds is 3. The van der Waals surface area contributed by atoms with E-state index in [0.717, 1.165) is 11.1 Å². The summed E-state index contributed by atoms with van der Waals surface area (Å²) in [5.41, 5.74) is 2.99. The highest BCUT2D eigenvalue weighted by Gasteiger charge is 2.33. The minimum Gasteiger partial charge on any atom is -0.478 e. The molecule has 0 saturated carbocycles. The second-order valence-corrected chi connectivity index (χ2v) is 9.19. The van der Waals surface area contributed by atoms with Gasteiger partial charge in [0.25, 0.3) is 0 Å². The van der Waals surface area contributed by atoms with Crippen LogP contribution in [0.4, 0.5) is 0 Å². The van der Waals surface area contributed by atoms with Crippen molar-refractivity contribution in [3.8, 4) is 11.5 Å². The quantitative estimate of drug-likeness (QED) is 0.350. The van der Waals surface area contributed by atoms with E-state index in [0.29, 0.717) is 62.5 Å². The Balaban J connectivity index is 1.42. The Morgan fingerprint density at radius 3 is 2.56 bits per heavy atom. The lowest BCUT2D eigenvalue weighted by Gasteiger charge is -2.29. The van der Waals surface area contributed by atoms with E-state index in [4.69, 9.17) is 55.9 Å². The van der Waals surface area contributed by atoms with Gasteiger partial charge in [0, 0.05) is 23.1 Å². The number of benzene rings is 3. The number of ether oxygens (including phenoxy) is 2. The first kappa shape index (κ1) is 21.6. The number of hydrogen-bond donors (Lipinski definition) is 0. The number of nitrogens with zero attached hydrogens (tertiary/aromatic N) is 1. The van der Waals surface area contributed by atoms with Crippen molar-refractivity contribution in [1.29, 1.82) is 0 Å². The minimum absolute atomic E-state index is 0.199. The molecule has 0 aromatic heterocycles. The summed E-state index contributed by atoms with van der Waals surface area (Å²) in [5, 5.41) is 1.98. The van der Waals surface area contributed by atoms with Crippen LogP contribution in [-0.4, -0.2) is 17.4 Å². The molecule has 8 heteroatoms. The number of allylic oxidation sites excluding steroid dienone is 1. The van der Waals surface area contributed by atoms with Crippen LogP contribution in [0.3, 0.4) is 0 Å². The molecule has 5 rings (SSSR count). The fourth-order valence-electron chi connectivity index (χ4n) is 3.76. The average molecular weight is 507 g/mol. The summed E-state index contributed by atoms with van der Waals surface area (Å²) in [4.78, 5) is 15.1. The summed E-state index contributed by atoms with van der Waals surface area (Å²) in [6.07, 6.45) is 1.63. The molecule has 3 aromatic carbocycles. The molecule has 0 N–H and O–H groups in total. The van der Waals surface area contributed by atoms with Gasteiger partial charge in [-0.05, 0) is 53.6 Å². The normalized spacial score (nSPS) is 16.5. The first-order valence-corrected chi connectivity index (χ1v) is 11.2. The van der Waals surface area contributed by atoms with E-state index >= 15 is 0 Å². The molecule has 4 nitrogen and oxygen atoms in total. The Bertz CT molecular complexity index is 1290. The van der Waals surface area contributed by atoms with E-state index in [9.17, 15) is 4.79 Å². The second-order valence-electron chi connectivity index (χ2n) is 7.53. The van der Waals surface area contributed by atoms with Crippen molar-refractivity contribution in [2.24, 2.45) is 0 Å². The Labute approximate surface area is 204 Å². The third-order valence-electron chi connectivity index (χ3n) is 5.32. The third-order valence-corrected chi connectivity index (χ3v) is 6.62. The highest BCUT2D eigenvalue weighted by Crippen LogP contribution is 2.42. The molecule has 3 aromatic rings. The zero-order valence-corrected chi connectivity index (χ0v) is 19.5. The number of halogens is 4. The van der Waals surface area contributed by atoms with Crippen LogP contribution in [-0.2, 0) is 13.1 Å². The Kier molecular flexibility index (Phi) is 5.82. The van der Waals surface area contributed by atoms with Gasteiger partial charge in [-0.3, -0.25) is 9.69 Å². The van der Waals surface area contributed by atoms with Gasteiger partial charge in [0.2, 0.25) is 5.78 Å². The molecule has 0 atom stereocenters. The van der Waals surface area contributed by atoms with Gasteiger partial charge in [-0.1, -0.05) is 58.5 Å². The van der Waals surface area contributed by atoms with Crippen LogP contribution in [0, 0.1) is 0 Å². The Morgan fingerprint density at radius 2 is 1.78 bits per heavy atom. The number of ketones is 1. The standard InChI is InChI=1S/C24H15Cl4NO3/c25-15-3-2-14(19(27)9-15)8-22-23(30)16-4-6-21-17(24(16)32-22)11-29(12-31-21)10-13-1-5-18(26)20(28)7-13/h1-9H,10-12H2/b22-8-. The molecule has 0 saturated heterocycles. The smallest absolute Gasteiger partial charge is 0.231 e. The topological polar surface area (TPSA) is 38.8 Å². The summed E-state index contributed by atoms with van der Waals surface area (Å²) in [6.45, 7) is 1.57. The lowest BCUT2D eigenvalue weighted by atomic mass is 10.0. The molecule has 0 amide bonds. The molecule has 2 aliphatic heterocycles. The van der Waals surface area contributed by atoms with Gasteiger partial charge in [0.1, 0.15) is 18.2 Å². The molecule has 162 valence electrons. The fraction of sp³-hybridized carbons (Fsp3) is 0.125. The van der Waals surface area contributed by atoms with Crippen LogP contribution in [0.5, 0.6) is 11.5 Å². The van der Waals surface area contributed by atoms with Crippen LogP contribution >= 0.6 is 46.4 Å². The van der Waals surface area contributed by atoms with Crippen LogP contribution in [0.2, 0.25) is 20.1 Å². The van der Waals surface area contributed by atoms with Crippen molar-refractivity contribution >= 4 is 58.3 Å². The maximum Gasteiger partial charge on any atom is 0.231 e. The summed E-state index contributed by atoms with van der Waals surface area (Å²) in [7, 11) is 0. The molecule has 2 heterocycles. The van der Waals surface area contributed by atoms with Gasteiger partial charge < -0.3 is 9.47 Å². The van der Waals surface area contributed by atoms with Crippen LogP contribution < -0.4 is 9.47 Å². The molecule has 0 unspecified atom stereocenters. The number of carbonyl (C=O) groups is 1. The number of Topliss-reactive ketones (excluding diaryl/α,β-unsaturated/α-hetero) is 1. The number of hydrogen-bond acceptors (Lipinski definition) is 4.